The highest BCUT2D eigenvalue weighted by Gasteiger charge is 2.03. The molecular weight excluding hydrogens is 201 g/mol. The van der Waals surface area contributed by atoms with Gasteiger partial charge in [-0.3, -0.25) is 8.96 Å². The lowest BCUT2D eigenvalue weighted by Gasteiger charge is -1.96. The maximum atomic E-state index is 12.2. The van der Waals surface area contributed by atoms with Gasteiger partial charge in [0.2, 0.25) is 0 Å². The molecule has 0 bridgehead atoms. The molecule has 0 saturated carbocycles. The van der Waals surface area contributed by atoms with E-state index < -0.39 is 0 Å². The molecule has 2 heterocycles. The number of aryl methyl sites for hydroxylation is 1. The fourth-order valence-corrected chi connectivity index (χ4v) is 1.38. The topological polar surface area (TPSA) is 30.7 Å². The molecule has 0 spiro atoms. The fraction of sp³-hybridized carbons (Fsp3) is 0.111. The van der Waals surface area contributed by atoms with Crippen molar-refractivity contribution in [3.05, 3.63) is 36.4 Å². The van der Waals surface area contributed by atoms with Crippen LogP contribution in [0.1, 0.15) is 5.69 Å². The Labute approximate surface area is 85.4 Å². The van der Waals surface area contributed by atoms with Crippen molar-refractivity contribution in [2.45, 2.75) is 6.92 Å². The standard InChI is InChI=1S/C9H8FN3S/c1-7-3-2-4-8(12-7)9-5-13(14-10)6-11-9/h2-6H,1H3. The first-order valence-corrected chi connectivity index (χ1v) is 4.74. The summed E-state index contributed by atoms with van der Waals surface area (Å²) in [5.41, 5.74) is 2.36. The molecule has 0 aliphatic rings. The molecule has 0 N–H and O–H groups in total. The molecule has 0 atom stereocenters. The summed E-state index contributed by atoms with van der Waals surface area (Å²) in [7, 11) is 0. The van der Waals surface area contributed by atoms with Crippen LogP contribution in [0, 0.1) is 6.92 Å². The average molecular weight is 209 g/mol. The van der Waals surface area contributed by atoms with Crippen LogP contribution in [0.2, 0.25) is 0 Å². The summed E-state index contributed by atoms with van der Waals surface area (Å²) in [5, 5.41) is 0. The predicted octanol–water partition coefficient (Wildman–Crippen LogP) is 2.63. The number of hydrogen-bond acceptors (Lipinski definition) is 3. The van der Waals surface area contributed by atoms with Crippen LogP contribution in [0.4, 0.5) is 3.89 Å². The van der Waals surface area contributed by atoms with E-state index in [2.05, 4.69) is 9.97 Å². The van der Waals surface area contributed by atoms with Crippen LogP contribution in [-0.4, -0.2) is 13.9 Å². The molecule has 72 valence electrons. The van der Waals surface area contributed by atoms with Crippen molar-refractivity contribution < 1.29 is 3.89 Å². The van der Waals surface area contributed by atoms with Crippen LogP contribution >= 0.6 is 12.3 Å². The molecular formula is C9H8FN3S. The fourth-order valence-electron chi connectivity index (χ4n) is 1.16. The van der Waals surface area contributed by atoms with Crippen LogP contribution in [0.15, 0.2) is 30.7 Å². The van der Waals surface area contributed by atoms with Gasteiger partial charge in [0.15, 0.2) is 12.3 Å². The minimum absolute atomic E-state index is 0.115. The second kappa shape index (κ2) is 3.79. The normalized spacial score (nSPS) is 10.4. The molecule has 0 aliphatic carbocycles. The molecule has 5 heteroatoms. The van der Waals surface area contributed by atoms with Gasteiger partial charge < -0.3 is 0 Å². The number of halogens is 1. The van der Waals surface area contributed by atoms with E-state index in [1.165, 1.54) is 10.3 Å². The van der Waals surface area contributed by atoms with Gasteiger partial charge in [0.25, 0.3) is 0 Å². The van der Waals surface area contributed by atoms with E-state index in [1.807, 2.05) is 25.1 Å². The first-order valence-electron chi connectivity index (χ1n) is 4.06. The molecule has 0 unspecified atom stereocenters. The lowest BCUT2D eigenvalue weighted by atomic mass is 10.2. The van der Waals surface area contributed by atoms with Gasteiger partial charge in [-0.15, -0.1) is 3.89 Å². The Morgan fingerprint density at radius 2 is 2.21 bits per heavy atom. The smallest absolute Gasteiger partial charge is 0.170 e. The zero-order chi connectivity index (χ0) is 9.97. The highest BCUT2D eigenvalue weighted by Crippen LogP contribution is 2.17. The number of nitrogens with zero attached hydrogens (tertiary/aromatic N) is 3. The highest BCUT2D eigenvalue weighted by molar-refractivity contribution is 7.92. The molecule has 3 nitrogen and oxygen atoms in total. The third-order valence-electron chi connectivity index (χ3n) is 1.79. The number of rotatable bonds is 2. The van der Waals surface area contributed by atoms with Gasteiger partial charge in [-0.2, -0.15) is 0 Å². The predicted molar refractivity (Wildman–Crippen MR) is 54.3 cm³/mol. The minimum atomic E-state index is 0.115. The van der Waals surface area contributed by atoms with Gasteiger partial charge in [-0.1, -0.05) is 6.07 Å². The molecule has 0 aromatic carbocycles. The Bertz CT molecular complexity index is 441. The number of hydrogen-bond donors (Lipinski definition) is 0. The van der Waals surface area contributed by atoms with Gasteiger partial charge in [0.1, 0.15) is 12.0 Å². The first kappa shape index (κ1) is 9.21. The summed E-state index contributed by atoms with van der Waals surface area (Å²) < 4.78 is 13.4. The summed E-state index contributed by atoms with van der Waals surface area (Å²) in [5.74, 6) is 0. The van der Waals surface area contributed by atoms with E-state index >= 15 is 0 Å². The lowest BCUT2D eigenvalue weighted by Crippen LogP contribution is -1.85. The highest BCUT2D eigenvalue weighted by atomic mass is 32.2. The molecule has 14 heavy (non-hydrogen) atoms. The quantitative estimate of drug-likeness (QED) is 0.761. The van der Waals surface area contributed by atoms with Crippen LogP contribution in [0.5, 0.6) is 0 Å². The second-order valence-electron chi connectivity index (χ2n) is 2.85. The molecule has 2 aromatic rings. The number of pyridine rings is 1. The SMILES string of the molecule is Cc1cccc(-c2cn(SF)cn2)n1. The van der Waals surface area contributed by atoms with Gasteiger partial charge in [0.05, 0.1) is 5.69 Å². The van der Waals surface area contributed by atoms with Gasteiger partial charge in [-0.05, 0) is 19.1 Å². The first-order chi connectivity index (χ1) is 6.79. The summed E-state index contributed by atoms with van der Waals surface area (Å²) in [6.45, 7) is 1.91. The Balaban J connectivity index is 2.39. The summed E-state index contributed by atoms with van der Waals surface area (Å²) in [4.78, 5) is 8.32. The molecule has 2 rings (SSSR count). The molecule has 2 aromatic heterocycles. The van der Waals surface area contributed by atoms with E-state index in [0.29, 0.717) is 5.69 Å². The van der Waals surface area contributed by atoms with Crippen LogP contribution in [0.3, 0.4) is 0 Å². The summed E-state index contributed by atoms with van der Waals surface area (Å²) in [6, 6.07) is 5.66. The number of imidazole rings is 1. The van der Waals surface area contributed by atoms with Gasteiger partial charge in [0, 0.05) is 11.9 Å². The third-order valence-corrected chi connectivity index (χ3v) is 2.15. The van der Waals surface area contributed by atoms with Crippen LogP contribution in [-0.2, 0) is 0 Å². The van der Waals surface area contributed by atoms with Crippen molar-refractivity contribution in [1.82, 2.24) is 13.9 Å². The molecule has 0 fully saturated rings. The van der Waals surface area contributed by atoms with Crippen molar-refractivity contribution in [3.8, 4) is 11.4 Å². The van der Waals surface area contributed by atoms with Crippen LogP contribution < -0.4 is 0 Å². The largest absolute Gasteiger partial charge is 0.252 e. The van der Waals surface area contributed by atoms with E-state index in [4.69, 9.17) is 0 Å². The van der Waals surface area contributed by atoms with Crippen molar-refractivity contribution in [3.63, 3.8) is 0 Å². The average Bonchev–Trinajstić information content (AvgIpc) is 2.66. The Hall–Kier alpha value is -1.36. The second-order valence-corrected chi connectivity index (χ2v) is 3.41. The van der Waals surface area contributed by atoms with Gasteiger partial charge >= 0.3 is 0 Å². The summed E-state index contributed by atoms with van der Waals surface area (Å²) in [6.07, 6.45) is 3.02. The van der Waals surface area contributed by atoms with E-state index in [9.17, 15) is 3.89 Å². The minimum Gasteiger partial charge on any atom is -0.252 e. The molecule has 0 saturated heterocycles. The van der Waals surface area contributed by atoms with Gasteiger partial charge in [-0.25, -0.2) is 4.98 Å². The monoisotopic (exact) mass is 209 g/mol. The van der Waals surface area contributed by atoms with E-state index in [-0.39, 0.29) is 12.3 Å². The number of aromatic nitrogens is 3. The van der Waals surface area contributed by atoms with Crippen molar-refractivity contribution in [1.29, 1.82) is 0 Å². The maximum Gasteiger partial charge on any atom is 0.170 e. The lowest BCUT2D eigenvalue weighted by molar-refractivity contribution is 0.915. The van der Waals surface area contributed by atoms with Crippen molar-refractivity contribution in [2.75, 3.05) is 0 Å². The Morgan fingerprint density at radius 1 is 1.36 bits per heavy atom. The molecule has 0 aliphatic heterocycles. The molecule has 0 radical (unpaired) electrons. The molecule has 0 amide bonds. The zero-order valence-corrected chi connectivity index (χ0v) is 8.33. The van der Waals surface area contributed by atoms with Crippen molar-refractivity contribution >= 4 is 12.3 Å². The zero-order valence-electron chi connectivity index (χ0n) is 7.51. The maximum absolute atomic E-state index is 12.2. The van der Waals surface area contributed by atoms with E-state index in [1.54, 1.807) is 6.20 Å². The summed E-state index contributed by atoms with van der Waals surface area (Å²) >= 11 is 0.115. The Morgan fingerprint density at radius 3 is 2.86 bits per heavy atom. The van der Waals surface area contributed by atoms with E-state index in [0.717, 1.165) is 11.4 Å². The van der Waals surface area contributed by atoms with Crippen LogP contribution in [0.25, 0.3) is 11.4 Å². The third kappa shape index (κ3) is 1.77. The van der Waals surface area contributed by atoms with Crippen molar-refractivity contribution in [2.24, 2.45) is 0 Å². The Kier molecular flexibility index (Phi) is 2.49.